The molecule has 2 nitrogen and oxygen atoms in total. The van der Waals surface area contributed by atoms with E-state index in [-0.39, 0.29) is 5.82 Å². The van der Waals surface area contributed by atoms with Crippen molar-refractivity contribution in [2.45, 2.75) is 13.3 Å². The van der Waals surface area contributed by atoms with E-state index < -0.39 is 0 Å². The number of pyridine rings is 1. The maximum Gasteiger partial charge on any atom is 0.125 e. The van der Waals surface area contributed by atoms with Crippen molar-refractivity contribution in [3.8, 4) is 0 Å². The summed E-state index contributed by atoms with van der Waals surface area (Å²) in [6.07, 6.45) is 0.818. The van der Waals surface area contributed by atoms with Crippen molar-refractivity contribution in [3.05, 3.63) is 34.7 Å². The summed E-state index contributed by atoms with van der Waals surface area (Å²) in [4.78, 5) is 4.40. The van der Waals surface area contributed by atoms with E-state index in [0.717, 1.165) is 17.8 Å². The van der Waals surface area contributed by atoms with Crippen LogP contribution in [-0.2, 0) is 6.42 Å². The minimum atomic E-state index is -0.347. The lowest BCUT2D eigenvalue weighted by molar-refractivity contribution is 0.629. The average molecular weight is 239 g/mol. The number of fused-ring (bicyclic) bond motifs is 1. The molecule has 2 rings (SSSR count). The highest BCUT2D eigenvalue weighted by Crippen LogP contribution is 2.29. The van der Waals surface area contributed by atoms with Crippen molar-refractivity contribution in [3.63, 3.8) is 0 Å². The Morgan fingerprint density at radius 3 is 2.75 bits per heavy atom. The summed E-state index contributed by atoms with van der Waals surface area (Å²) < 4.78 is 13.3. The maximum absolute atomic E-state index is 13.3. The van der Waals surface area contributed by atoms with E-state index in [0.29, 0.717) is 15.9 Å². The minimum absolute atomic E-state index is 0.347. The van der Waals surface area contributed by atoms with Crippen LogP contribution in [-0.4, -0.2) is 12.0 Å². The van der Waals surface area contributed by atoms with Gasteiger partial charge in [0.15, 0.2) is 0 Å². The Labute approximate surface area is 98.4 Å². The van der Waals surface area contributed by atoms with E-state index in [4.69, 9.17) is 11.6 Å². The standard InChI is InChI=1S/C12H12ClFN2/c1-3-8-6-11(15-2)9-4-7(14)5-10(13)12(9)16-8/h4-6H,3H2,1-2H3,(H,15,16). The molecule has 0 saturated heterocycles. The van der Waals surface area contributed by atoms with Crippen molar-refractivity contribution >= 4 is 28.2 Å². The molecule has 2 aromatic rings. The quantitative estimate of drug-likeness (QED) is 0.864. The van der Waals surface area contributed by atoms with Crippen molar-refractivity contribution in [1.29, 1.82) is 0 Å². The predicted octanol–water partition coefficient (Wildman–Crippen LogP) is 3.63. The summed E-state index contributed by atoms with van der Waals surface area (Å²) in [5.41, 5.74) is 2.43. The van der Waals surface area contributed by atoms with Crippen LogP contribution < -0.4 is 5.32 Å². The van der Waals surface area contributed by atoms with Gasteiger partial charge in [0.2, 0.25) is 0 Å². The summed E-state index contributed by atoms with van der Waals surface area (Å²) in [7, 11) is 1.80. The third kappa shape index (κ3) is 1.83. The molecule has 0 aliphatic carbocycles. The lowest BCUT2D eigenvalue weighted by Crippen LogP contribution is -1.96. The van der Waals surface area contributed by atoms with Crippen molar-refractivity contribution < 1.29 is 4.39 Å². The highest BCUT2D eigenvalue weighted by molar-refractivity contribution is 6.35. The van der Waals surface area contributed by atoms with E-state index in [9.17, 15) is 4.39 Å². The molecule has 1 heterocycles. The van der Waals surface area contributed by atoms with Gasteiger partial charge in [-0.3, -0.25) is 4.98 Å². The molecule has 0 spiro atoms. The highest BCUT2D eigenvalue weighted by Gasteiger charge is 2.09. The van der Waals surface area contributed by atoms with E-state index in [1.165, 1.54) is 12.1 Å². The number of nitrogens with zero attached hydrogens (tertiary/aromatic N) is 1. The van der Waals surface area contributed by atoms with Crippen LogP contribution in [0.2, 0.25) is 5.02 Å². The van der Waals surface area contributed by atoms with Crippen LogP contribution in [0.4, 0.5) is 10.1 Å². The average Bonchev–Trinajstić information content (AvgIpc) is 2.28. The van der Waals surface area contributed by atoms with Gasteiger partial charge in [-0.1, -0.05) is 18.5 Å². The second kappa shape index (κ2) is 4.26. The van der Waals surface area contributed by atoms with Gasteiger partial charge in [-0.25, -0.2) is 4.39 Å². The van der Waals surface area contributed by atoms with E-state index in [1.807, 2.05) is 13.0 Å². The monoisotopic (exact) mass is 238 g/mol. The molecule has 0 fully saturated rings. The Balaban J connectivity index is 2.83. The van der Waals surface area contributed by atoms with Gasteiger partial charge in [0.05, 0.1) is 10.5 Å². The Morgan fingerprint density at radius 2 is 2.12 bits per heavy atom. The molecule has 1 aromatic carbocycles. The lowest BCUT2D eigenvalue weighted by Gasteiger charge is -2.09. The number of hydrogen-bond acceptors (Lipinski definition) is 2. The molecule has 0 amide bonds. The van der Waals surface area contributed by atoms with E-state index in [2.05, 4.69) is 10.3 Å². The maximum atomic E-state index is 13.3. The summed E-state index contributed by atoms with van der Waals surface area (Å²) in [5.74, 6) is -0.347. The topological polar surface area (TPSA) is 24.9 Å². The third-order valence-electron chi connectivity index (χ3n) is 2.52. The largest absolute Gasteiger partial charge is 0.388 e. The molecular weight excluding hydrogens is 227 g/mol. The molecule has 16 heavy (non-hydrogen) atoms. The van der Waals surface area contributed by atoms with Gasteiger partial charge in [-0.2, -0.15) is 0 Å². The van der Waals surface area contributed by atoms with Crippen LogP contribution in [0.1, 0.15) is 12.6 Å². The number of hydrogen-bond donors (Lipinski definition) is 1. The minimum Gasteiger partial charge on any atom is -0.388 e. The first kappa shape index (κ1) is 11.1. The smallest absolute Gasteiger partial charge is 0.125 e. The Bertz CT molecular complexity index is 540. The lowest BCUT2D eigenvalue weighted by atomic mass is 10.1. The summed E-state index contributed by atoms with van der Waals surface area (Å²) in [6.45, 7) is 2.02. The molecule has 4 heteroatoms. The highest BCUT2D eigenvalue weighted by atomic mass is 35.5. The SMILES string of the molecule is CCc1cc(NC)c2cc(F)cc(Cl)c2n1. The van der Waals surface area contributed by atoms with Gasteiger partial charge >= 0.3 is 0 Å². The number of aromatic nitrogens is 1. The fourth-order valence-corrected chi connectivity index (χ4v) is 1.94. The molecule has 0 bridgehead atoms. The predicted molar refractivity (Wildman–Crippen MR) is 65.6 cm³/mol. The van der Waals surface area contributed by atoms with Gasteiger partial charge < -0.3 is 5.32 Å². The molecule has 0 aliphatic heterocycles. The zero-order chi connectivity index (χ0) is 11.7. The normalized spacial score (nSPS) is 10.8. The van der Waals surface area contributed by atoms with Crippen LogP contribution in [0, 0.1) is 5.82 Å². The molecular formula is C12H12ClFN2. The molecule has 0 aliphatic rings. The van der Waals surface area contributed by atoms with E-state index in [1.54, 1.807) is 7.05 Å². The van der Waals surface area contributed by atoms with E-state index >= 15 is 0 Å². The first-order valence-corrected chi connectivity index (χ1v) is 5.50. The number of nitrogens with one attached hydrogen (secondary N) is 1. The fraction of sp³-hybridized carbons (Fsp3) is 0.250. The summed E-state index contributed by atoms with van der Waals surface area (Å²) in [6, 6.07) is 4.65. The zero-order valence-electron chi connectivity index (χ0n) is 9.14. The van der Waals surface area contributed by atoms with Crippen molar-refractivity contribution in [1.82, 2.24) is 4.98 Å². The molecule has 0 radical (unpaired) electrons. The number of benzene rings is 1. The van der Waals surface area contributed by atoms with Gasteiger partial charge in [0.25, 0.3) is 0 Å². The first-order chi connectivity index (χ1) is 7.65. The number of rotatable bonds is 2. The van der Waals surface area contributed by atoms with Crippen molar-refractivity contribution in [2.24, 2.45) is 0 Å². The van der Waals surface area contributed by atoms with Crippen LogP contribution in [0.5, 0.6) is 0 Å². The van der Waals surface area contributed by atoms with Gasteiger partial charge in [0, 0.05) is 23.8 Å². The fourth-order valence-electron chi connectivity index (χ4n) is 1.69. The van der Waals surface area contributed by atoms with Crippen LogP contribution in [0.25, 0.3) is 10.9 Å². The van der Waals surface area contributed by atoms with Gasteiger partial charge in [0.1, 0.15) is 5.82 Å². The molecule has 1 N–H and O–H groups in total. The molecule has 84 valence electrons. The Morgan fingerprint density at radius 1 is 1.38 bits per heavy atom. The first-order valence-electron chi connectivity index (χ1n) is 5.12. The van der Waals surface area contributed by atoms with Gasteiger partial charge in [-0.15, -0.1) is 0 Å². The zero-order valence-corrected chi connectivity index (χ0v) is 9.90. The molecule has 0 unspecified atom stereocenters. The number of anilines is 1. The number of halogens is 2. The van der Waals surface area contributed by atoms with Crippen LogP contribution in [0.3, 0.4) is 0 Å². The molecule has 0 saturated carbocycles. The van der Waals surface area contributed by atoms with Crippen molar-refractivity contribution in [2.75, 3.05) is 12.4 Å². The second-order valence-electron chi connectivity index (χ2n) is 3.55. The number of aryl methyl sites for hydroxylation is 1. The molecule has 0 atom stereocenters. The Hall–Kier alpha value is -1.35. The molecule has 1 aromatic heterocycles. The summed E-state index contributed by atoms with van der Waals surface area (Å²) in [5, 5.41) is 4.10. The summed E-state index contributed by atoms with van der Waals surface area (Å²) >= 11 is 5.99. The van der Waals surface area contributed by atoms with Gasteiger partial charge in [-0.05, 0) is 24.6 Å². The Kier molecular flexibility index (Phi) is 2.97. The van der Waals surface area contributed by atoms with Crippen LogP contribution in [0.15, 0.2) is 18.2 Å². The van der Waals surface area contributed by atoms with Crippen LogP contribution >= 0.6 is 11.6 Å². The second-order valence-corrected chi connectivity index (χ2v) is 3.96. The third-order valence-corrected chi connectivity index (χ3v) is 2.80.